The predicted octanol–water partition coefficient (Wildman–Crippen LogP) is 7.50. The zero-order valence-corrected chi connectivity index (χ0v) is 23.6. The van der Waals surface area contributed by atoms with Crippen LogP contribution in [0.25, 0.3) is 0 Å². The van der Waals surface area contributed by atoms with Gasteiger partial charge in [0, 0.05) is 10.0 Å². The number of carbonyl (C=O) groups is 1. The molecule has 3 rings (SSSR count). The largest absolute Gasteiger partial charge is 0.495 e. The molecule has 0 unspecified atom stereocenters. The number of hydrogen-bond acceptors (Lipinski definition) is 6. The Morgan fingerprint density at radius 1 is 1.09 bits per heavy atom. The number of fused-ring (bicyclic) bond motifs is 2. The van der Waals surface area contributed by atoms with Crippen LogP contribution in [-0.2, 0) is 11.3 Å². The van der Waals surface area contributed by atoms with Gasteiger partial charge in [-0.05, 0) is 81.2 Å². The Morgan fingerprint density at radius 2 is 1.79 bits per heavy atom. The molecule has 0 aromatic heterocycles. The molecule has 0 spiro atoms. The first kappa shape index (κ1) is 26.8. The Bertz CT molecular complexity index is 1060. The minimum absolute atomic E-state index is 0.00915. The molecule has 1 heterocycles. The predicted molar refractivity (Wildman–Crippen MR) is 138 cm³/mol. The highest BCUT2D eigenvalue weighted by Crippen LogP contribution is 2.50. The van der Waals surface area contributed by atoms with Crippen molar-refractivity contribution in [1.29, 1.82) is 0 Å². The monoisotopic (exact) mass is 598 g/mol. The van der Waals surface area contributed by atoms with Gasteiger partial charge in [-0.15, -0.1) is 0 Å². The number of carbonyl (C=O) groups excluding carboxylic acids is 1. The second-order valence-electron chi connectivity index (χ2n) is 9.31. The normalized spacial score (nSPS) is 14.0. The highest BCUT2D eigenvalue weighted by Gasteiger charge is 2.32. The lowest BCUT2D eigenvalue weighted by Crippen LogP contribution is -2.16. The lowest BCUT2D eigenvalue weighted by Gasteiger charge is -2.26. The zero-order valence-electron chi connectivity index (χ0n) is 20.5. The van der Waals surface area contributed by atoms with Crippen LogP contribution in [0.5, 0.6) is 23.0 Å². The van der Waals surface area contributed by atoms with Crippen LogP contribution >= 0.6 is 31.9 Å². The molecule has 0 fully saturated rings. The van der Waals surface area contributed by atoms with Crippen molar-refractivity contribution in [1.82, 2.24) is 0 Å². The summed E-state index contributed by atoms with van der Waals surface area (Å²) in [5.41, 5.74) is 2.27. The smallest absolute Gasteiger partial charge is 0.346 e. The molecule has 0 saturated heterocycles. The van der Waals surface area contributed by atoms with Crippen molar-refractivity contribution in [2.75, 3.05) is 13.7 Å². The third-order valence-electron chi connectivity index (χ3n) is 5.72. The van der Waals surface area contributed by atoms with Crippen molar-refractivity contribution in [2.24, 2.45) is 11.8 Å². The molecule has 2 aromatic rings. The molecule has 1 N–H and O–H groups in total. The minimum Gasteiger partial charge on any atom is -0.495 e. The summed E-state index contributed by atoms with van der Waals surface area (Å²) in [6, 6.07) is 3.41. The second kappa shape index (κ2) is 11.3. The van der Waals surface area contributed by atoms with Crippen LogP contribution in [0.3, 0.4) is 0 Å². The molecule has 2 aromatic carbocycles. The van der Waals surface area contributed by atoms with E-state index in [1.807, 2.05) is 20.8 Å². The van der Waals surface area contributed by atoms with Gasteiger partial charge in [0.2, 0.25) is 0 Å². The molecule has 0 saturated carbocycles. The Morgan fingerprint density at radius 3 is 2.41 bits per heavy atom. The third-order valence-corrected chi connectivity index (χ3v) is 7.74. The van der Waals surface area contributed by atoms with Gasteiger partial charge in [0.15, 0.2) is 11.5 Å². The topological polar surface area (TPSA) is 74.2 Å². The van der Waals surface area contributed by atoms with Crippen LogP contribution in [0.4, 0.5) is 0 Å². The Hall–Kier alpha value is -1.77. The van der Waals surface area contributed by atoms with Crippen molar-refractivity contribution in [3.8, 4) is 23.0 Å². The first-order chi connectivity index (χ1) is 16.1. The molecule has 0 radical (unpaired) electrons. The molecule has 0 aliphatic carbocycles. The molecule has 34 heavy (non-hydrogen) atoms. The SMILES string of the molecule is COc1c([C@@H](O)CC(C)C)ccc2c1C(=O)OCc1c(Br)c(C)c(Br)c(OCCC(C)C)c1O2. The van der Waals surface area contributed by atoms with Crippen LogP contribution in [-0.4, -0.2) is 24.8 Å². The summed E-state index contributed by atoms with van der Waals surface area (Å²) in [6.45, 7) is 10.8. The number of halogens is 2. The molecule has 1 aliphatic rings. The summed E-state index contributed by atoms with van der Waals surface area (Å²) < 4.78 is 25.4. The maximum Gasteiger partial charge on any atom is 0.346 e. The van der Waals surface area contributed by atoms with Gasteiger partial charge in [0.1, 0.15) is 23.7 Å². The molecule has 8 heteroatoms. The summed E-state index contributed by atoms with van der Waals surface area (Å²) in [6.07, 6.45) is 0.625. The van der Waals surface area contributed by atoms with E-state index in [1.165, 1.54) is 7.11 Å². The maximum atomic E-state index is 13.1. The molecule has 186 valence electrons. The van der Waals surface area contributed by atoms with E-state index >= 15 is 0 Å². The first-order valence-electron chi connectivity index (χ1n) is 11.4. The summed E-state index contributed by atoms with van der Waals surface area (Å²) in [5.74, 6) is 1.74. The van der Waals surface area contributed by atoms with Crippen molar-refractivity contribution in [3.05, 3.63) is 43.3 Å². The zero-order chi connectivity index (χ0) is 25.2. The molecular weight excluding hydrogens is 568 g/mol. The van der Waals surface area contributed by atoms with E-state index in [0.717, 1.165) is 20.9 Å². The molecule has 6 nitrogen and oxygen atoms in total. The molecule has 0 bridgehead atoms. The van der Waals surface area contributed by atoms with Gasteiger partial charge in [-0.3, -0.25) is 0 Å². The highest BCUT2D eigenvalue weighted by atomic mass is 79.9. The van der Waals surface area contributed by atoms with Crippen molar-refractivity contribution < 1.29 is 28.8 Å². The summed E-state index contributed by atoms with van der Waals surface area (Å²) in [4.78, 5) is 13.1. The number of rotatable bonds is 8. The van der Waals surface area contributed by atoms with Gasteiger partial charge in [-0.2, -0.15) is 0 Å². The number of methoxy groups -OCH3 is 1. The lowest BCUT2D eigenvalue weighted by atomic mass is 9.96. The third kappa shape index (κ3) is 5.55. The molecule has 1 aliphatic heterocycles. The second-order valence-corrected chi connectivity index (χ2v) is 10.9. The number of ether oxygens (including phenoxy) is 4. The number of aliphatic hydroxyl groups is 1. The van der Waals surface area contributed by atoms with Gasteiger partial charge >= 0.3 is 5.97 Å². The minimum atomic E-state index is -0.786. The number of cyclic esters (lactones) is 1. The van der Waals surface area contributed by atoms with E-state index < -0.39 is 12.1 Å². The fourth-order valence-corrected chi connectivity index (χ4v) is 5.08. The highest BCUT2D eigenvalue weighted by molar-refractivity contribution is 9.11. The maximum absolute atomic E-state index is 13.1. The average molecular weight is 600 g/mol. The Kier molecular flexibility index (Phi) is 8.93. The summed E-state index contributed by atoms with van der Waals surface area (Å²) >= 11 is 7.28. The van der Waals surface area contributed by atoms with Gasteiger partial charge in [0.05, 0.1) is 29.9 Å². The van der Waals surface area contributed by atoms with Crippen LogP contribution in [0, 0.1) is 18.8 Å². The Labute approximate surface area is 218 Å². The molecular formula is C26H32Br2O6. The first-order valence-corrected chi connectivity index (χ1v) is 13.0. The standard InChI is InChI=1S/C26H32Br2O6/c1-13(2)9-10-32-25-22(28)15(5)21(27)17-12-33-26(30)20-19(34-24(17)25)8-7-16(23(20)31-6)18(29)11-14(3)4/h7-8,13-14,18,29H,9-12H2,1-6H3/t18-/m0/s1. The van der Waals surface area contributed by atoms with Crippen LogP contribution in [0.1, 0.15) is 73.7 Å². The van der Waals surface area contributed by atoms with Gasteiger partial charge in [0.25, 0.3) is 0 Å². The van der Waals surface area contributed by atoms with Crippen LogP contribution < -0.4 is 14.2 Å². The molecule has 0 amide bonds. The van der Waals surface area contributed by atoms with Crippen LogP contribution in [0.2, 0.25) is 0 Å². The van der Waals surface area contributed by atoms with Gasteiger partial charge in [-0.1, -0.05) is 27.7 Å². The lowest BCUT2D eigenvalue weighted by molar-refractivity contribution is 0.0452. The number of hydrogen-bond donors (Lipinski definition) is 1. The van der Waals surface area contributed by atoms with Crippen molar-refractivity contribution in [2.45, 2.75) is 60.2 Å². The van der Waals surface area contributed by atoms with Crippen molar-refractivity contribution in [3.63, 3.8) is 0 Å². The van der Waals surface area contributed by atoms with Gasteiger partial charge in [-0.25, -0.2) is 4.79 Å². The Balaban J connectivity index is 2.15. The summed E-state index contributed by atoms with van der Waals surface area (Å²) in [5, 5.41) is 10.8. The number of aliphatic hydroxyl groups excluding tert-OH is 1. The van der Waals surface area contributed by atoms with Gasteiger partial charge < -0.3 is 24.1 Å². The van der Waals surface area contributed by atoms with Crippen molar-refractivity contribution >= 4 is 37.8 Å². The molecule has 1 atom stereocenters. The number of benzene rings is 2. The van der Waals surface area contributed by atoms with Crippen LogP contribution in [0.15, 0.2) is 21.1 Å². The average Bonchev–Trinajstić information content (AvgIpc) is 2.76. The van der Waals surface area contributed by atoms with E-state index in [4.69, 9.17) is 18.9 Å². The van der Waals surface area contributed by atoms with E-state index in [-0.39, 0.29) is 29.6 Å². The van der Waals surface area contributed by atoms with E-state index in [9.17, 15) is 9.90 Å². The van der Waals surface area contributed by atoms with E-state index in [1.54, 1.807) is 12.1 Å². The van der Waals surface area contributed by atoms with E-state index in [0.29, 0.717) is 41.6 Å². The number of esters is 1. The quantitative estimate of drug-likeness (QED) is 0.317. The van der Waals surface area contributed by atoms with E-state index in [2.05, 4.69) is 45.7 Å². The fourth-order valence-electron chi connectivity index (χ4n) is 3.83. The fraction of sp³-hybridized carbons (Fsp3) is 0.500. The summed E-state index contributed by atoms with van der Waals surface area (Å²) in [7, 11) is 1.47.